The summed E-state index contributed by atoms with van der Waals surface area (Å²) < 4.78 is 1.52. The predicted octanol–water partition coefficient (Wildman–Crippen LogP) is 2.26. The molecular weight excluding hydrogens is 368 g/mol. The highest BCUT2D eigenvalue weighted by Gasteiger charge is 2.15. The standard InChI is InChI=1S/C18H15ClN6O2/c19-12-6-4-11(5-7-12)17(26)9-20-18(27)15-10-25(24-23-15)16-3-1-2-14-13(16)8-21-22-14/h1-8,10,17,26H,9H2,(H,20,27)(H,21,22). The Morgan fingerprint density at radius 1 is 1.26 bits per heavy atom. The largest absolute Gasteiger partial charge is 0.387 e. The number of H-pyrrole nitrogens is 1. The van der Waals surface area contributed by atoms with Crippen LogP contribution in [0.1, 0.15) is 22.2 Å². The number of nitrogens with one attached hydrogen (secondary N) is 2. The Labute approximate surface area is 158 Å². The minimum Gasteiger partial charge on any atom is -0.387 e. The third-order valence-corrected chi connectivity index (χ3v) is 4.40. The van der Waals surface area contributed by atoms with Gasteiger partial charge < -0.3 is 10.4 Å². The third kappa shape index (κ3) is 3.53. The molecule has 1 amide bonds. The first-order valence-corrected chi connectivity index (χ1v) is 8.56. The van der Waals surface area contributed by atoms with Crippen LogP contribution in [0.5, 0.6) is 0 Å². The number of fused-ring (bicyclic) bond motifs is 1. The SMILES string of the molecule is O=C(NCC(O)c1ccc(Cl)cc1)c1cn(-c2cccc3[nH]ncc23)nn1. The highest BCUT2D eigenvalue weighted by atomic mass is 35.5. The number of aliphatic hydroxyl groups is 1. The molecule has 0 fully saturated rings. The van der Waals surface area contributed by atoms with Gasteiger partial charge in [-0.3, -0.25) is 9.89 Å². The van der Waals surface area contributed by atoms with Crippen molar-refractivity contribution in [1.29, 1.82) is 0 Å². The Bertz CT molecular complexity index is 1090. The van der Waals surface area contributed by atoms with Crippen LogP contribution in [0.15, 0.2) is 54.9 Å². The number of carbonyl (C=O) groups is 1. The molecule has 1 unspecified atom stereocenters. The molecule has 0 saturated heterocycles. The molecule has 1 atom stereocenters. The molecule has 0 saturated carbocycles. The van der Waals surface area contributed by atoms with Gasteiger partial charge in [0.25, 0.3) is 5.91 Å². The Kier molecular flexibility index (Phi) is 4.57. The first kappa shape index (κ1) is 17.2. The van der Waals surface area contributed by atoms with Crippen LogP contribution in [-0.4, -0.2) is 42.7 Å². The van der Waals surface area contributed by atoms with Crippen molar-refractivity contribution in [3.63, 3.8) is 0 Å². The zero-order chi connectivity index (χ0) is 18.8. The number of hydrogen-bond acceptors (Lipinski definition) is 5. The molecule has 0 aliphatic rings. The predicted molar refractivity (Wildman–Crippen MR) is 99.8 cm³/mol. The molecule has 0 radical (unpaired) electrons. The van der Waals surface area contributed by atoms with Gasteiger partial charge in [-0.05, 0) is 29.8 Å². The molecule has 0 aliphatic carbocycles. The summed E-state index contributed by atoms with van der Waals surface area (Å²) >= 11 is 5.83. The smallest absolute Gasteiger partial charge is 0.273 e. The van der Waals surface area contributed by atoms with Crippen molar-refractivity contribution in [2.24, 2.45) is 0 Å². The van der Waals surface area contributed by atoms with Crippen molar-refractivity contribution < 1.29 is 9.90 Å². The number of nitrogens with zero attached hydrogens (tertiary/aromatic N) is 4. The highest BCUT2D eigenvalue weighted by Crippen LogP contribution is 2.19. The number of aromatic amines is 1. The summed E-state index contributed by atoms with van der Waals surface area (Å²) in [6.07, 6.45) is 2.38. The molecule has 9 heteroatoms. The Hall–Kier alpha value is -3.23. The summed E-state index contributed by atoms with van der Waals surface area (Å²) in [5.74, 6) is -0.423. The Morgan fingerprint density at radius 3 is 2.89 bits per heavy atom. The van der Waals surface area contributed by atoms with Gasteiger partial charge in [-0.2, -0.15) is 5.10 Å². The zero-order valence-corrected chi connectivity index (χ0v) is 14.8. The second-order valence-electron chi connectivity index (χ2n) is 5.93. The van der Waals surface area contributed by atoms with Gasteiger partial charge in [-0.25, -0.2) is 4.68 Å². The summed E-state index contributed by atoms with van der Waals surface area (Å²) in [7, 11) is 0. The van der Waals surface area contributed by atoms with E-state index in [1.54, 1.807) is 30.5 Å². The van der Waals surface area contributed by atoms with Crippen LogP contribution >= 0.6 is 11.6 Å². The van der Waals surface area contributed by atoms with E-state index < -0.39 is 12.0 Å². The maximum absolute atomic E-state index is 12.3. The van der Waals surface area contributed by atoms with Crippen LogP contribution in [0, 0.1) is 0 Å². The average molecular weight is 383 g/mol. The lowest BCUT2D eigenvalue weighted by molar-refractivity contribution is 0.0911. The van der Waals surface area contributed by atoms with E-state index in [1.165, 1.54) is 10.9 Å². The molecular formula is C18H15ClN6O2. The van der Waals surface area contributed by atoms with E-state index in [4.69, 9.17) is 11.6 Å². The van der Waals surface area contributed by atoms with Gasteiger partial charge in [-0.15, -0.1) is 5.10 Å². The summed E-state index contributed by atoms with van der Waals surface area (Å²) in [5, 5.41) is 29.1. The number of amides is 1. The van der Waals surface area contributed by atoms with Crippen LogP contribution in [-0.2, 0) is 0 Å². The monoisotopic (exact) mass is 382 g/mol. The van der Waals surface area contributed by atoms with Crippen LogP contribution in [0.25, 0.3) is 16.6 Å². The number of aliphatic hydroxyl groups excluding tert-OH is 1. The van der Waals surface area contributed by atoms with Crippen molar-refractivity contribution >= 4 is 28.4 Å². The second kappa shape index (κ2) is 7.18. The average Bonchev–Trinajstić information content (AvgIpc) is 3.35. The lowest BCUT2D eigenvalue weighted by Crippen LogP contribution is -2.28. The van der Waals surface area contributed by atoms with E-state index in [-0.39, 0.29) is 12.2 Å². The van der Waals surface area contributed by atoms with Gasteiger partial charge in [0.2, 0.25) is 0 Å². The Morgan fingerprint density at radius 2 is 2.07 bits per heavy atom. The lowest BCUT2D eigenvalue weighted by Gasteiger charge is -2.11. The van der Waals surface area contributed by atoms with E-state index >= 15 is 0 Å². The molecule has 136 valence electrons. The van der Waals surface area contributed by atoms with Gasteiger partial charge >= 0.3 is 0 Å². The molecule has 0 aliphatic heterocycles. The summed E-state index contributed by atoms with van der Waals surface area (Å²) in [4.78, 5) is 12.3. The molecule has 2 heterocycles. The third-order valence-electron chi connectivity index (χ3n) is 4.15. The molecule has 0 spiro atoms. The lowest BCUT2D eigenvalue weighted by atomic mass is 10.1. The van der Waals surface area contributed by atoms with Crippen molar-refractivity contribution in [3.05, 3.63) is 71.1 Å². The number of halogens is 1. The van der Waals surface area contributed by atoms with Gasteiger partial charge in [0.1, 0.15) is 0 Å². The Balaban J connectivity index is 1.46. The first-order valence-electron chi connectivity index (χ1n) is 8.18. The van der Waals surface area contributed by atoms with Gasteiger partial charge in [0, 0.05) is 17.0 Å². The molecule has 2 aromatic carbocycles. The normalized spacial score (nSPS) is 12.2. The minimum atomic E-state index is -0.846. The molecule has 4 aromatic rings. The maximum Gasteiger partial charge on any atom is 0.273 e. The maximum atomic E-state index is 12.3. The van der Waals surface area contributed by atoms with Crippen molar-refractivity contribution in [3.8, 4) is 5.69 Å². The van der Waals surface area contributed by atoms with E-state index in [9.17, 15) is 9.90 Å². The molecule has 3 N–H and O–H groups in total. The summed E-state index contributed by atoms with van der Waals surface area (Å²) in [6, 6.07) is 12.4. The molecule has 27 heavy (non-hydrogen) atoms. The molecule has 2 aromatic heterocycles. The fraction of sp³-hybridized carbons (Fsp3) is 0.111. The van der Waals surface area contributed by atoms with Gasteiger partial charge in [-0.1, -0.05) is 35.0 Å². The second-order valence-corrected chi connectivity index (χ2v) is 6.37. The van der Waals surface area contributed by atoms with Gasteiger partial charge in [0.05, 0.1) is 29.7 Å². The first-order chi connectivity index (χ1) is 13.1. The zero-order valence-electron chi connectivity index (χ0n) is 14.0. The number of benzene rings is 2. The summed E-state index contributed by atoms with van der Waals surface area (Å²) in [6.45, 7) is 0.0463. The molecule has 4 rings (SSSR count). The fourth-order valence-electron chi connectivity index (χ4n) is 2.72. The van der Waals surface area contributed by atoms with Crippen LogP contribution in [0.2, 0.25) is 5.02 Å². The van der Waals surface area contributed by atoms with Crippen molar-refractivity contribution in [1.82, 2.24) is 30.5 Å². The van der Waals surface area contributed by atoms with E-state index in [2.05, 4.69) is 25.8 Å². The summed E-state index contributed by atoms with van der Waals surface area (Å²) in [5.41, 5.74) is 2.43. The number of rotatable bonds is 5. The van der Waals surface area contributed by atoms with Crippen LogP contribution in [0.3, 0.4) is 0 Å². The van der Waals surface area contributed by atoms with Crippen LogP contribution in [0.4, 0.5) is 0 Å². The van der Waals surface area contributed by atoms with E-state index in [1.807, 2.05) is 18.2 Å². The number of hydrogen-bond donors (Lipinski definition) is 3. The fourth-order valence-corrected chi connectivity index (χ4v) is 2.85. The highest BCUT2D eigenvalue weighted by molar-refractivity contribution is 6.30. The molecule has 0 bridgehead atoms. The van der Waals surface area contributed by atoms with Crippen molar-refractivity contribution in [2.45, 2.75) is 6.10 Å². The quantitative estimate of drug-likeness (QED) is 0.490. The van der Waals surface area contributed by atoms with Crippen molar-refractivity contribution in [2.75, 3.05) is 6.54 Å². The topological polar surface area (TPSA) is 109 Å². The van der Waals surface area contributed by atoms with Gasteiger partial charge in [0.15, 0.2) is 5.69 Å². The molecule has 8 nitrogen and oxygen atoms in total. The number of carbonyl (C=O) groups excluding carboxylic acids is 1. The van der Waals surface area contributed by atoms with E-state index in [0.29, 0.717) is 10.6 Å². The minimum absolute atomic E-state index is 0.0463. The number of aromatic nitrogens is 5. The van der Waals surface area contributed by atoms with E-state index in [0.717, 1.165) is 16.6 Å². The van der Waals surface area contributed by atoms with Crippen LogP contribution < -0.4 is 5.32 Å².